The number of unbranched alkanes of at least 4 members (excludes halogenated alkanes) is 53. The predicted octanol–water partition coefficient (Wildman–Crippen LogP) is 18.6. The molecule has 8 N–H and O–H groups in total. The zero-order valence-corrected chi connectivity index (χ0v) is 56.1. The van der Waals surface area contributed by atoms with Gasteiger partial charge in [-0.2, -0.15) is 0 Å². The first-order chi connectivity index (χ1) is 41.7. The van der Waals surface area contributed by atoms with E-state index in [2.05, 4.69) is 31.3 Å². The van der Waals surface area contributed by atoms with Crippen LogP contribution >= 0.6 is 0 Å². The summed E-state index contributed by atoms with van der Waals surface area (Å²) in [6, 6.07) is -1.17. The second-order valence-electron chi connectivity index (χ2n) is 26.7. The number of nitrogens with one attached hydrogen (secondary N) is 1. The quantitative estimate of drug-likeness (QED) is 0.0215. The van der Waals surface area contributed by atoms with Gasteiger partial charge in [-0.05, 0) is 38.5 Å². The summed E-state index contributed by atoms with van der Waals surface area (Å²) in [6.45, 7) is 3.53. The highest BCUT2D eigenvalue weighted by Crippen LogP contribution is 2.24. The predicted molar refractivity (Wildman–Crippen MR) is 358 cm³/mol. The van der Waals surface area contributed by atoms with Crippen molar-refractivity contribution < 1.29 is 50.0 Å². The molecule has 85 heavy (non-hydrogen) atoms. The third-order valence-electron chi connectivity index (χ3n) is 18.6. The van der Waals surface area contributed by atoms with Crippen LogP contribution < -0.4 is 5.32 Å². The van der Waals surface area contributed by atoms with Gasteiger partial charge in [-0.25, -0.2) is 0 Å². The van der Waals surface area contributed by atoms with Crippen molar-refractivity contribution >= 4 is 5.91 Å². The lowest BCUT2D eigenvalue weighted by Gasteiger charge is -2.40. The van der Waals surface area contributed by atoms with Gasteiger partial charge in [0.05, 0.1) is 25.4 Å². The van der Waals surface area contributed by atoms with Crippen molar-refractivity contribution in [3.63, 3.8) is 0 Å². The van der Waals surface area contributed by atoms with E-state index in [1.165, 1.54) is 308 Å². The molecule has 0 spiro atoms. The van der Waals surface area contributed by atoms with Gasteiger partial charge in [0.2, 0.25) is 5.91 Å². The van der Waals surface area contributed by atoms with Gasteiger partial charge in [0.15, 0.2) is 6.29 Å². The Bertz CT molecular complexity index is 1390. The molecule has 0 aromatic heterocycles. The summed E-state index contributed by atoms with van der Waals surface area (Å²) in [4.78, 5) is 13.3. The zero-order chi connectivity index (χ0) is 61.7. The molecule has 9 unspecified atom stereocenters. The minimum atomic E-state index is -1.66. The van der Waals surface area contributed by atoms with Crippen molar-refractivity contribution in [2.75, 3.05) is 13.2 Å². The van der Waals surface area contributed by atoms with Crippen LogP contribution in [0.15, 0.2) is 12.2 Å². The minimum absolute atomic E-state index is 0.263. The van der Waals surface area contributed by atoms with Crippen LogP contribution in [0.25, 0.3) is 0 Å². The molecule has 1 fully saturated rings. The highest BCUT2D eigenvalue weighted by atomic mass is 16.7. The van der Waals surface area contributed by atoms with Crippen LogP contribution in [0.2, 0.25) is 0 Å². The van der Waals surface area contributed by atoms with E-state index in [9.17, 15) is 40.5 Å². The largest absolute Gasteiger partial charge is 0.394 e. The second kappa shape index (κ2) is 63.0. The zero-order valence-electron chi connectivity index (χ0n) is 56.1. The van der Waals surface area contributed by atoms with E-state index in [1.54, 1.807) is 0 Å². The van der Waals surface area contributed by atoms with E-state index in [1.807, 2.05) is 0 Å². The second-order valence-corrected chi connectivity index (χ2v) is 26.7. The van der Waals surface area contributed by atoms with E-state index < -0.39 is 74.2 Å². The van der Waals surface area contributed by atoms with Crippen LogP contribution in [0, 0.1) is 0 Å². The van der Waals surface area contributed by atoms with E-state index in [0.717, 1.165) is 38.5 Å². The highest BCUT2D eigenvalue weighted by Gasteiger charge is 2.44. The van der Waals surface area contributed by atoms with E-state index in [4.69, 9.17) is 9.47 Å². The SMILES string of the molecule is CCCCCCCCCCCCCC/C=C\CCCCCCCCCCCCCC(O)C(=O)NC(COC1OC(CO)C(O)C(O)C1O)C(O)C(O)CCCCCCCCCCCCCCCCCCCCCCCCCCCCCCCCC. The normalized spacial score (nSPS) is 18.8. The summed E-state index contributed by atoms with van der Waals surface area (Å²) in [5.74, 6) is -0.689. The van der Waals surface area contributed by atoms with Gasteiger partial charge in [-0.1, -0.05) is 360 Å². The monoisotopic (exact) mass is 1210 g/mol. The van der Waals surface area contributed by atoms with Gasteiger partial charge in [0.25, 0.3) is 0 Å². The maximum Gasteiger partial charge on any atom is 0.249 e. The number of aliphatic hydroxyl groups excluding tert-OH is 7. The molecule has 0 aromatic rings. The molecule has 0 radical (unpaired) electrons. The fraction of sp³-hybridized carbons (Fsp3) is 0.959. The number of ether oxygens (including phenoxy) is 2. The maximum atomic E-state index is 13.3. The molecule has 11 heteroatoms. The summed E-state index contributed by atoms with van der Waals surface area (Å²) in [6.07, 6.45) is 67.3. The summed E-state index contributed by atoms with van der Waals surface area (Å²) >= 11 is 0. The molecule has 1 aliphatic heterocycles. The van der Waals surface area contributed by atoms with Gasteiger partial charge in [0, 0.05) is 0 Å². The van der Waals surface area contributed by atoms with Crippen LogP contribution in [0.4, 0.5) is 0 Å². The Morgan fingerprint density at radius 3 is 0.988 bits per heavy atom. The van der Waals surface area contributed by atoms with Crippen LogP contribution in [-0.4, -0.2) is 110 Å². The number of rotatable bonds is 67. The molecular formula is C74H145NO10. The summed E-state index contributed by atoms with van der Waals surface area (Å²) < 4.78 is 11.2. The number of hydrogen-bond donors (Lipinski definition) is 8. The molecular weight excluding hydrogens is 1060 g/mol. The molecule has 0 aromatic carbocycles. The van der Waals surface area contributed by atoms with Crippen LogP contribution in [-0.2, 0) is 14.3 Å². The van der Waals surface area contributed by atoms with E-state index in [-0.39, 0.29) is 6.42 Å². The van der Waals surface area contributed by atoms with Gasteiger partial charge in [-0.15, -0.1) is 0 Å². The Kier molecular flexibility index (Phi) is 60.7. The van der Waals surface area contributed by atoms with Crippen LogP contribution in [0.1, 0.15) is 386 Å². The first-order valence-corrected chi connectivity index (χ1v) is 37.6. The third kappa shape index (κ3) is 50.2. The lowest BCUT2D eigenvalue weighted by Crippen LogP contribution is -2.60. The standard InChI is InChI=1S/C74H145NO10/c1-3-5-7-9-11-13-15-17-19-21-23-25-27-29-31-32-33-34-36-37-39-41-43-45-47-49-51-53-55-57-59-61-66(77)69(79)65(64-84-74-72(82)71(81)70(80)68(63-76)85-74)75-73(83)67(78)62-60-58-56-54-52-50-48-46-44-42-40-38-35-30-28-26-24-22-20-18-16-14-12-10-8-6-4-2/h30,35,65-72,74,76-82H,3-29,31-34,36-64H2,1-2H3,(H,75,83)/b35-30-. The topological polar surface area (TPSA) is 189 Å². The minimum Gasteiger partial charge on any atom is -0.394 e. The van der Waals surface area contributed by atoms with Crippen molar-refractivity contribution in [2.45, 2.75) is 441 Å². The Balaban J connectivity index is 2.16. The Hall–Kier alpha value is -1.15. The van der Waals surface area contributed by atoms with E-state index in [0.29, 0.717) is 19.3 Å². The van der Waals surface area contributed by atoms with Gasteiger partial charge < -0.3 is 50.5 Å². The number of carbonyl (C=O) groups is 1. The van der Waals surface area contributed by atoms with E-state index >= 15 is 0 Å². The highest BCUT2D eigenvalue weighted by molar-refractivity contribution is 5.80. The van der Waals surface area contributed by atoms with Crippen molar-refractivity contribution in [1.29, 1.82) is 0 Å². The fourth-order valence-corrected chi connectivity index (χ4v) is 12.6. The van der Waals surface area contributed by atoms with Crippen molar-refractivity contribution in [3.05, 3.63) is 12.2 Å². The Labute approximate surface area is 525 Å². The lowest BCUT2D eigenvalue weighted by atomic mass is 9.98. The molecule has 1 heterocycles. The number of hydrogen-bond acceptors (Lipinski definition) is 10. The van der Waals surface area contributed by atoms with Crippen molar-refractivity contribution in [1.82, 2.24) is 5.32 Å². The van der Waals surface area contributed by atoms with Gasteiger partial charge in [-0.3, -0.25) is 4.79 Å². The number of carbonyl (C=O) groups excluding carboxylic acids is 1. The molecule has 0 saturated carbocycles. The first kappa shape index (κ1) is 81.9. The molecule has 1 rings (SSSR count). The smallest absolute Gasteiger partial charge is 0.249 e. The Morgan fingerprint density at radius 2 is 0.682 bits per heavy atom. The number of allylic oxidation sites excluding steroid dienone is 2. The molecule has 0 bridgehead atoms. The van der Waals surface area contributed by atoms with Crippen molar-refractivity contribution in [3.8, 4) is 0 Å². The average Bonchev–Trinajstić information content (AvgIpc) is 3.51. The van der Waals surface area contributed by atoms with Gasteiger partial charge >= 0.3 is 0 Å². The Morgan fingerprint density at radius 1 is 0.400 bits per heavy atom. The van der Waals surface area contributed by atoms with Crippen LogP contribution in [0.3, 0.4) is 0 Å². The molecule has 1 saturated heterocycles. The molecule has 0 aliphatic carbocycles. The van der Waals surface area contributed by atoms with Gasteiger partial charge in [0.1, 0.15) is 36.6 Å². The maximum absolute atomic E-state index is 13.3. The third-order valence-corrected chi connectivity index (χ3v) is 18.6. The fourth-order valence-electron chi connectivity index (χ4n) is 12.6. The molecule has 11 nitrogen and oxygen atoms in total. The number of amides is 1. The molecule has 1 amide bonds. The molecule has 506 valence electrons. The summed E-state index contributed by atoms with van der Waals surface area (Å²) in [5.41, 5.74) is 0. The average molecular weight is 1210 g/mol. The molecule has 9 atom stereocenters. The lowest BCUT2D eigenvalue weighted by molar-refractivity contribution is -0.303. The molecule has 1 aliphatic rings. The summed E-state index contributed by atoms with van der Waals surface area (Å²) in [5, 5.41) is 76.7. The van der Waals surface area contributed by atoms with Crippen LogP contribution in [0.5, 0.6) is 0 Å². The number of aliphatic hydroxyl groups is 7. The first-order valence-electron chi connectivity index (χ1n) is 37.6. The van der Waals surface area contributed by atoms with Crippen molar-refractivity contribution in [2.24, 2.45) is 0 Å². The summed E-state index contributed by atoms with van der Waals surface area (Å²) in [7, 11) is 0.